The largest absolute Gasteiger partial charge is 0.490 e. The first kappa shape index (κ1) is 20.2. The van der Waals surface area contributed by atoms with E-state index in [1.54, 1.807) is 12.1 Å². The molecule has 2 aromatic carbocycles. The van der Waals surface area contributed by atoms with Crippen LogP contribution in [0.25, 0.3) is 0 Å². The lowest BCUT2D eigenvalue weighted by molar-refractivity contribution is -0.384. The molecule has 0 aliphatic carbocycles. The number of hydrogen-bond acceptors (Lipinski definition) is 5. The van der Waals surface area contributed by atoms with E-state index in [1.165, 1.54) is 12.1 Å². The molecule has 0 spiro atoms. The van der Waals surface area contributed by atoms with Gasteiger partial charge in [-0.15, -0.1) is 0 Å². The number of rotatable bonds is 9. The lowest BCUT2D eigenvalue weighted by Crippen LogP contribution is -2.28. The van der Waals surface area contributed by atoms with E-state index in [0.717, 1.165) is 5.56 Å². The average molecular weight is 372 g/mol. The quantitative estimate of drug-likeness (QED) is 0.534. The number of nitrogens with one attached hydrogen (secondary N) is 1. The summed E-state index contributed by atoms with van der Waals surface area (Å²) in [5, 5.41) is 13.6. The number of nitro groups is 1. The van der Waals surface area contributed by atoms with Gasteiger partial charge in [0.1, 0.15) is 0 Å². The van der Waals surface area contributed by atoms with Crippen molar-refractivity contribution in [3.05, 3.63) is 63.7 Å². The van der Waals surface area contributed by atoms with Crippen molar-refractivity contribution in [2.45, 2.75) is 33.2 Å². The molecule has 1 amide bonds. The van der Waals surface area contributed by atoms with Crippen molar-refractivity contribution < 1.29 is 19.2 Å². The Morgan fingerprint density at radius 2 is 1.70 bits per heavy atom. The van der Waals surface area contributed by atoms with Crippen LogP contribution in [0.1, 0.15) is 37.9 Å². The Morgan fingerprint density at radius 1 is 1.07 bits per heavy atom. The van der Waals surface area contributed by atoms with E-state index >= 15 is 0 Å². The Balaban J connectivity index is 2.02. The molecule has 0 heterocycles. The molecule has 2 rings (SSSR count). The highest BCUT2D eigenvalue weighted by molar-refractivity contribution is 5.79. The van der Waals surface area contributed by atoms with E-state index in [2.05, 4.69) is 5.32 Å². The summed E-state index contributed by atoms with van der Waals surface area (Å²) in [7, 11) is 0. The number of hydrogen-bond donors (Lipinski definition) is 1. The van der Waals surface area contributed by atoms with E-state index in [0.29, 0.717) is 30.3 Å². The molecular formula is C20H24N2O5. The molecular weight excluding hydrogens is 348 g/mol. The summed E-state index contributed by atoms with van der Waals surface area (Å²) in [5.74, 6) is 1.16. The highest BCUT2D eigenvalue weighted by atomic mass is 16.6. The van der Waals surface area contributed by atoms with Gasteiger partial charge in [0.15, 0.2) is 11.5 Å². The van der Waals surface area contributed by atoms with E-state index in [4.69, 9.17) is 9.47 Å². The first-order valence-electron chi connectivity index (χ1n) is 8.86. The molecule has 0 fully saturated rings. The summed E-state index contributed by atoms with van der Waals surface area (Å²) < 4.78 is 11.2. The maximum Gasteiger partial charge on any atom is 0.269 e. The highest BCUT2D eigenvalue weighted by Gasteiger charge is 2.14. The van der Waals surface area contributed by atoms with Crippen molar-refractivity contribution in [3.63, 3.8) is 0 Å². The van der Waals surface area contributed by atoms with Crippen LogP contribution in [0.5, 0.6) is 11.5 Å². The summed E-state index contributed by atoms with van der Waals surface area (Å²) >= 11 is 0. The lowest BCUT2D eigenvalue weighted by Gasteiger charge is -2.17. The van der Waals surface area contributed by atoms with E-state index in [-0.39, 0.29) is 24.1 Å². The molecule has 0 unspecified atom stereocenters. The number of nitro benzene ring substituents is 1. The zero-order chi connectivity index (χ0) is 19.8. The van der Waals surface area contributed by atoms with Gasteiger partial charge in [-0.25, -0.2) is 0 Å². The van der Waals surface area contributed by atoms with Crippen LogP contribution in [-0.4, -0.2) is 24.0 Å². The Hall–Kier alpha value is -3.09. The van der Waals surface area contributed by atoms with Gasteiger partial charge in [-0.1, -0.05) is 18.2 Å². The molecule has 1 N–H and O–H groups in total. The van der Waals surface area contributed by atoms with Gasteiger partial charge in [-0.2, -0.15) is 0 Å². The molecule has 0 radical (unpaired) electrons. The number of carbonyl (C=O) groups is 1. The lowest BCUT2D eigenvalue weighted by atomic mass is 10.1. The zero-order valence-electron chi connectivity index (χ0n) is 15.7. The predicted molar refractivity (Wildman–Crippen MR) is 102 cm³/mol. The monoisotopic (exact) mass is 372 g/mol. The number of carbonyl (C=O) groups excluding carboxylic acids is 1. The van der Waals surface area contributed by atoms with Gasteiger partial charge in [-0.3, -0.25) is 14.9 Å². The molecule has 0 aliphatic heterocycles. The molecule has 0 aromatic heterocycles. The van der Waals surface area contributed by atoms with Gasteiger partial charge in [0.2, 0.25) is 5.91 Å². The molecule has 0 saturated carbocycles. The summed E-state index contributed by atoms with van der Waals surface area (Å²) in [6, 6.07) is 11.3. The number of nitrogens with zero attached hydrogens (tertiary/aromatic N) is 1. The van der Waals surface area contributed by atoms with Crippen LogP contribution in [0, 0.1) is 10.1 Å². The van der Waals surface area contributed by atoms with Crippen LogP contribution in [-0.2, 0) is 11.2 Å². The SMILES string of the molecule is CCOc1ccc([C@@H](C)NC(=O)Cc2ccc([N+](=O)[O-])cc2)cc1OCC. The Morgan fingerprint density at radius 3 is 2.30 bits per heavy atom. The van der Waals surface area contributed by atoms with Gasteiger partial charge in [0.25, 0.3) is 5.69 Å². The van der Waals surface area contributed by atoms with Crippen molar-refractivity contribution in [2.75, 3.05) is 13.2 Å². The molecule has 27 heavy (non-hydrogen) atoms. The fourth-order valence-corrected chi connectivity index (χ4v) is 2.63. The average Bonchev–Trinajstić information content (AvgIpc) is 2.63. The summed E-state index contributed by atoms with van der Waals surface area (Å²) in [4.78, 5) is 22.5. The van der Waals surface area contributed by atoms with Crippen molar-refractivity contribution in [1.29, 1.82) is 0 Å². The van der Waals surface area contributed by atoms with Crippen LogP contribution in [0.15, 0.2) is 42.5 Å². The third kappa shape index (κ3) is 5.70. The maximum atomic E-state index is 12.3. The first-order chi connectivity index (χ1) is 12.9. The van der Waals surface area contributed by atoms with E-state index in [1.807, 2.05) is 39.0 Å². The first-order valence-corrected chi connectivity index (χ1v) is 8.86. The van der Waals surface area contributed by atoms with E-state index < -0.39 is 4.92 Å². The van der Waals surface area contributed by atoms with Crippen LogP contribution < -0.4 is 14.8 Å². The van der Waals surface area contributed by atoms with Gasteiger partial charge < -0.3 is 14.8 Å². The Kier molecular flexibility index (Phi) is 7.16. The third-order valence-corrected chi connectivity index (χ3v) is 3.96. The van der Waals surface area contributed by atoms with E-state index in [9.17, 15) is 14.9 Å². The molecule has 7 nitrogen and oxygen atoms in total. The number of amides is 1. The summed E-state index contributed by atoms with van der Waals surface area (Å²) in [6.07, 6.45) is 0.150. The predicted octanol–water partition coefficient (Wildman–Crippen LogP) is 3.81. The fraction of sp³-hybridized carbons (Fsp3) is 0.350. The van der Waals surface area contributed by atoms with Gasteiger partial charge >= 0.3 is 0 Å². The van der Waals surface area contributed by atoms with Crippen LogP contribution in [0.3, 0.4) is 0 Å². The maximum absolute atomic E-state index is 12.3. The van der Waals surface area contributed by atoms with Gasteiger partial charge in [0, 0.05) is 12.1 Å². The van der Waals surface area contributed by atoms with Crippen molar-refractivity contribution in [3.8, 4) is 11.5 Å². The molecule has 2 aromatic rings. The molecule has 0 saturated heterocycles. The number of benzene rings is 2. The summed E-state index contributed by atoms with van der Waals surface area (Å²) in [5.41, 5.74) is 1.62. The van der Waals surface area contributed by atoms with Gasteiger partial charge in [-0.05, 0) is 44.0 Å². The van der Waals surface area contributed by atoms with Crippen LogP contribution >= 0.6 is 0 Å². The molecule has 0 aliphatic rings. The molecule has 1 atom stereocenters. The van der Waals surface area contributed by atoms with Crippen molar-refractivity contribution in [1.82, 2.24) is 5.32 Å². The summed E-state index contributed by atoms with van der Waals surface area (Å²) in [6.45, 7) is 6.76. The highest BCUT2D eigenvalue weighted by Crippen LogP contribution is 2.30. The second-order valence-electron chi connectivity index (χ2n) is 5.96. The van der Waals surface area contributed by atoms with Crippen LogP contribution in [0.4, 0.5) is 5.69 Å². The molecule has 7 heteroatoms. The fourth-order valence-electron chi connectivity index (χ4n) is 2.63. The normalized spacial score (nSPS) is 11.5. The van der Waals surface area contributed by atoms with Gasteiger partial charge in [0.05, 0.1) is 30.6 Å². The second kappa shape index (κ2) is 9.56. The standard InChI is InChI=1S/C20H24N2O5/c1-4-26-18-11-8-16(13-19(18)27-5-2)14(3)21-20(23)12-15-6-9-17(10-7-15)22(24)25/h6-11,13-14H,4-5,12H2,1-3H3,(H,21,23)/t14-/m1/s1. The number of non-ortho nitro benzene ring substituents is 1. The molecule has 144 valence electrons. The minimum atomic E-state index is -0.464. The van der Waals surface area contributed by atoms with Crippen molar-refractivity contribution in [2.24, 2.45) is 0 Å². The molecule has 0 bridgehead atoms. The minimum absolute atomic E-state index is 0.00497. The number of ether oxygens (including phenoxy) is 2. The second-order valence-corrected chi connectivity index (χ2v) is 5.96. The minimum Gasteiger partial charge on any atom is -0.490 e. The third-order valence-electron chi connectivity index (χ3n) is 3.96. The zero-order valence-corrected chi connectivity index (χ0v) is 15.7. The van der Waals surface area contributed by atoms with Crippen molar-refractivity contribution >= 4 is 11.6 Å². The van der Waals surface area contributed by atoms with Crippen LogP contribution in [0.2, 0.25) is 0 Å². The Bertz CT molecular complexity index is 789. The Labute approximate surface area is 158 Å². The topological polar surface area (TPSA) is 90.7 Å². The smallest absolute Gasteiger partial charge is 0.269 e.